The summed E-state index contributed by atoms with van der Waals surface area (Å²) in [5.74, 6) is 0.0741. The molecule has 5 heteroatoms. The van der Waals surface area contributed by atoms with Gasteiger partial charge in [0.15, 0.2) is 0 Å². The molecule has 0 spiro atoms. The Kier molecular flexibility index (Phi) is 16.0. The Morgan fingerprint density at radius 2 is 1.13 bits per heavy atom. The molecule has 0 aromatic heterocycles. The molecule has 0 aliphatic heterocycles. The fourth-order valence-electron chi connectivity index (χ4n) is 0.832. The summed E-state index contributed by atoms with van der Waals surface area (Å²) in [5.41, 5.74) is 0. The molecule has 4 nitrogen and oxygen atoms in total. The van der Waals surface area contributed by atoms with Crippen molar-refractivity contribution in [2.45, 2.75) is 52.7 Å². The van der Waals surface area contributed by atoms with E-state index in [9.17, 15) is 9.59 Å². The molecule has 2 unspecified atom stereocenters. The van der Waals surface area contributed by atoms with Crippen LogP contribution >= 0.6 is 0 Å². The Bertz CT molecular complexity index is 158. The van der Waals surface area contributed by atoms with Crippen LogP contribution in [-0.2, 0) is 26.7 Å². The Morgan fingerprint density at radius 1 is 0.933 bits per heavy atom. The smallest absolute Gasteiger partial charge is 0.132 e. The topological polar surface area (TPSA) is 74.6 Å². The van der Waals surface area contributed by atoms with Crippen LogP contribution in [0, 0.1) is 0 Å². The molecule has 0 fully saturated rings. The van der Waals surface area contributed by atoms with Gasteiger partial charge in [-0.05, 0) is 27.7 Å². The quantitative estimate of drug-likeness (QED) is 0.735. The van der Waals surface area contributed by atoms with Crippen LogP contribution in [-0.4, -0.2) is 34.0 Å². The molecule has 0 aliphatic rings. The first kappa shape index (κ1) is 20.2. The number of hydrogen-bond acceptors (Lipinski definition) is 4. The Labute approximate surface area is 102 Å². The third-order valence-electron chi connectivity index (χ3n) is 1.17. The molecular formula is C10H20CuO4. The number of carbonyl (C=O) groups excluding carboxylic acids is 2. The van der Waals surface area contributed by atoms with Crippen molar-refractivity contribution in [3.8, 4) is 0 Å². The summed E-state index contributed by atoms with van der Waals surface area (Å²) in [5, 5.41) is 17.0. The molecule has 0 saturated heterocycles. The predicted octanol–water partition coefficient (Wildman–Crippen LogP) is 0.690. The fraction of sp³-hybridized carbons (Fsp3) is 0.800. The van der Waals surface area contributed by atoms with Crippen molar-refractivity contribution >= 4 is 11.6 Å². The van der Waals surface area contributed by atoms with Gasteiger partial charge in [0.25, 0.3) is 0 Å². The molecule has 0 saturated carbocycles. The molecule has 15 heavy (non-hydrogen) atoms. The van der Waals surface area contributed by atoms with E-state index in [2.05, 4.69) is 0 Å². The molecule has 2 N–H and O–H groups in total. The summed E-state index contributed by atoms with van der Waals surface area (Å²) in [6, 6.07) is 0. The zero-order chi connectivity index (χ0) is 11.7. The Balaban J connectivity index is -0.000000180. The first-order valence-electron chi connectivity index (χ1n) is 4.60. The van der Waals surface area contributed by atoms with Crippen LogP contribution in [0.2, 0.25) is 0 Å². The number of aliphatic hydroxyl groups excluding tert-OH is 2. The van der Waals surface area contributed by atoms with Crippen molar-refractivity contribution in [1.29, 1.82) is 0 Å². The second-order valence-corrected chi connectivity index (χ2v) is 3.51. The molecule has 0 amide bonds. The molecule has 0 heterocycles. The van der Waals surface area contributed by atoms with E-state index >= 15 is 0 Å². The van der Waals surface area contributed by atoms with Crippen molar-refractivity contribution in [2.75, 3.05) is 0 Å². The van der Waals surface area contributed by atoms with Gasteiger partial charge in [0.1, 0.15) is 11.6 Å². The third kappa shape index (κ3) is 31.6. The third-order valence-corrected chi connectivity index (χ3v) is 1.17. The number of aliphatic hydroxyl groups is 2. The van der Waals surface area contributed by atoms with Crippen molar-refractivity contribution in [1.82, 2.24) is 0 Å². The van der Waals surface area contributed by atoms with Gasteiger partial charge >= 0.3 is 0 Å². The van der Waals surface area contributed by atoms with Gasteiger partial charge in [0.2, 0.25) is 0 Å². The largest absolute Gasteiger partial charge is 0.393 e. The summed E-state index contributed by atoms with van der Waals surface area (Å²) in [7, 11) is 0. The van der Waals surface area contributed by atoms with Crippen LogP contribution < -0.4 is 0 Å². The molecule has 1 radical (unpaired) electrons. The van der Waals surface area contributed by atoms with Crippen molar-refractivity contribution in [3.63, 3.8) is 0 Å². The minimum absolute atomic E-state index is 0. The van der Waals surface area contributed by atoms with Gasteiger partial charge in [0.05, 0.1) is 12.2 Å². The van der Waals surface area contributed by atoms with E-state index in [0.29, 0.717) is 0 Å². The second-order valence-electron chi connectivity index (χ2n) is 3.51. The van der Waals surface area contributed by atoms with Gasteiger partial charge in [0, 0.05) is 29.9 Å². The van der Waals surface area contributed by atoms with Gasteiger partial charge in [-0.2, -0.15) is 0 Å². The molecule has 2 atom stereocenters. The molecular weight excluding hydrogens is 248 g/mol. The summed E-state index contributed by atoms with van der Waals surface area (Å²) < 4.78 is 0. The van der Waals surface area contributed by atoms with Crippen molar-refractivity contribution in [3.05, 3.63) is 0 Å². The van der Waals surface area contributed by atoms with E-state index < -0.39 is 12.2 Å². The SMILES string of the molecule is CC(=O)CC(C)O.CC(=O)CC(C)O.[Cu]. The zero-order valence-electron chi connectivity index (χ0n) is 9.58. The van der Waals surface area contributed by atoms with E-state index in [1.165, 1.54) is 13.8 Å². The Hall–Kier alpha value is -0.221. The zero-order valence-corrected chi connectivity index (χ0v) is 10.5. The summed E-state index contributed by atoms with van der Waals surface area (Å²) in [6.07, 6.45) is -0.394. The van der Waals surface area contributed by atoms with Gasteiger partial charge in [-0.15, -0.1) is 0 Å². The number of Topliss-reactive ketones (excluding diaryl/α,β-unsaturated/α-hetero) is 2. The standard InChI is InChI=1S/2C5H10O2.Cu/c2*1-4(6)3-5(2)7;/h2*4,6H,3H2,1-2H3;. The van der Waals surface area contributed by atoms with E-state index in [1.807, 2.05) is 0 Å². The normalized spacial score (nSPS) is 12.7. The first-order valence-corrected chi connectivity index (χ1v) is 4.60. The average molecular weight is 268 g/mol. The van der Waals surface area contributed by atoms with Gasteiger partial charge in [-0.3, -0.25) is 9.59 Å². The maximum absolute atomic E-state index is 10.1. The van der Waals surface area contributed by atoms with Crippen molar-refractivity contribution < 1.29 is 36.9 Å². The van der Waals surface area contributed by atoms with Crippen LogP contribution in [0.4, 0.5) is 0 Å². The number of rotatable bonds is 4. The predicted molar refractivity (Wildman–Crippen MR) is 54.0 cm³/mol. The maximum atomic E-state index is 10.1. The fourth-order valence-corrected chi connectivity index (χ4v) is 0.832. The summed E-state index contributed by atoms with van der Waals surface area (Å²) in [4.78, 5) is 20.2. The minimum Gasteiger partial charge on any atom is -0.393 e. The molecule has 95 valence electrons. The molecule has 0 bridgehead atoms. The van der Waals surface area contributed by atoms with Gasteiger partial charge in [-0.1, -0.05) is 0 Å². The van der Waals surface area contributed by atoms with E-state index in [4.69, 9.17) is 10.2 Å². The number of hydrogen-bond donors (Lipinski definition) is 2. The van der Waals surface area contributed by atoms with Crippen LogP contribution in [0.5, 0.6) is 0 Å². The van der Waals surface area contributed by atoms with Crippen LogP contribution in [0.15, 0.2) is 0 Å². The summed E-state index contributed by atoms with van der Waals surface area (Å²) >= 11 is 0. The van der Waals surface area contributed by atoms with Crippen LogP contribution in [0.3, 0.4) is 0 Å². The molecule has 0 aromatic carbocycles. The average Bonchev–Trinajstić information content (AvgIpc) is 1.79. The van der Waals surface area contributed by atoms with Crippen LogP contribution in [0.1, 0.15) is 40.5 Å². The monoisotopic (exact) mass is 267 g/mol. The Morgan fingerprint density at radius 3 is 1.13 bits per heavy atom. The van der Waals surface area contributed by atoms with E-state index in [1.54, 1.807) is 13.8 Å². The summed E-state index contributed by atoms with van der Waals surface area (Å²) in [6.45, 7) is 6.13. The van der Waals surface area contributed by atoms with Crippen LogP contribution in [0.25, 0.3) is 0 Å². The van der Waals surface area contributed by atoms with Gasteiger partial charge < -0.3 is 10.2 Å². The molecule has 0 aliphatic carbocycles. The first-order chi connectivity index (χ1) is 6.25. The number of ketones is 2. The van der Waals surface area contributed by atoms with E-state index in [0.717, 1.165) is 0 Å². The molecule has 0 aromatic rings. The second kappa shape index (κ2) is 11.9. The maximum Gasteiger partial charge on any atom is 0.132 e. The minimum atomic E-state index is -0.475. The van der Waals surface area contributed by atoms with E-state index in [-0.39, 0.29) is 41.5 Å². The van der Waals surface area contributed by atoms with Crippen molar-refractivity contribution in [2.24, 2.45) is 0 Å². The number of carbonyl (C=O) groups is 2. The van der Waals surface area contributed by atoms with Gasteiger partial charge in [-0.25, -0.2) is 0 Å². The molecule has 0 rings (SSSR count).